The van der Waals surface area contributed by atoms with Crippen molar-refractivity contribution in [3.63, 3.8) is 0 Å². The van der Waals surface area contributed by atoms with E-state index in [1.54, 1.807) is 24.3 Å². The highest BCUT2D eigenvalue weighted by Crippen LogP contribution is 2.43. The zero-order valence-electron chi connectivity index (χ0n) is 13.5. The average molecular weight is 418 g/mol. The number of rotatable bonds is 2. The lowest BCUT2D eigenvalue weighted by molar-refractivity contribution is -0.126. The van der Waals surface area contributed by atoms with Crippen LogP contribution in [-0.2, 0) is 15.1 Å². The molecule has 0 saturated carbocycles. The number of carbonyl (C=O) groups excluding carboxylic acids is 3. The summed E-state index contributed by atoms with van der Waals surface area (Å²) in [7, 11) is 0. The molecule has 1 fully saturated rings. The van der Waals surface area contributed by atoms with Gasteiger partial charge in [-0.3, -0.25) is 9.59 Å². The number of ketones is 1. The number of carbonyl (C=O) groups is 3. The molecule has 132 valence electrons. The monoisotopic (exact) mass is 417 g/mol. The van der Waals surface area contributed by atoms with Gasteiger partial charge in [-0.25, -0.2) is 9.18 Å². The second-order valence-electron chi connectivity index (χ2n) is 6.36. The van der Waals surface area contributed by atoms with Crippen LogP contribution in [-0.4, -0.2) is 35.6 Å². The first-order valence-electron chi connectivity index (χ1n) is 8.03. The maximum absolute atomic E-state index is 14.0. The first-order valence-corrected chi connectivity index (χ1v) is 8.82. The van der Waals surface area contributed by atoms with Crippen molar-refractivity contribution in [3.8, 4) is 0 Å². The Morgan fingerprint density at radius 2 is 1.96 bits per heavy atom. The Bertz CT molecular complexity index is 960. The van der Waals surface area contributed by atoms with E-state index in [9.17, 15) is 18.8 Å². The molecule has 0 N–H and O–H groups in total. The Hall–Kier alpha value is -2.54. The third kappa shape index (κ3) is 2.54. The van der Waals surface area contributed by atoms with E-state index in [0.29, 0.717) is 16.5 Å². The van der Waals surface area contributed by atoms with Gasteiger partial charge in [0.2, 0.25) is 0 Å². The van der Waals surface area contributed by atoms with Gasteiger partial charge < -0.3 is 9.64 Å². The summed E-state index contributed by atoms with van der Waals surface area (Å²) in [5.41, 5.74) is -0.000344. The number of ether oxygens (including phenoxy) is 1. The van der Waals surface area contributed by atoms with Crippen LogP contribution in [0.15, 0.2) is 46.9 Å². The highest BCUT2D eigenvalue weighted by atomic mass is 79.9. The van der Waals surface area contributed by atoms with E-state index >= 15 is 0 Å². The third-order valence-corrected chi connectivity index (χ3v) is 5.31. The molecule has 1 atom stereocenters. The second kappa shape index (κ2) is 6.02. The summed E-state index contributed by atoms with van der Waals surface area (Å²) in [5, 5.41) is 0. The van der Waals surface area contributed by atoms with Crippen molar-refractivity contribution in [3.05, 3.63) is 69.4 Å². The van der Waals surface area contributed by atoms with Crippen LogP contribution in [0.1, 0.15) is 32.7 Å². The van der Waals surface area contributed by atoms with E-state index in [1.165, 1.54) is 17.0 Å². The maximum Gasteiger partial charge on any atom is 0.339 e. The van der Waals surface area contributed by atoms with Crippen molar-refractivity contribution in [2.24, 2.45) is 0 Å². The van der Waals surface area contributed by atoms with Gasteiger partial charge in [-0.2, -0.15) is 0 Å². The summed E-state index contributed by atoms with van der Waals surface area (Å²) < 4.78 is 20.0. The fourth-order valence-corrected chi connectivity index (χ4v) is 3.87. The highest BCUT2D eigenvalue weighted by molar-refractivity contribution is 9.10. The number of hydrogen-bond acceptors (Lipinski definition) is 4. The molecule has 0 aromatic heterocycles. The van der Waals surface area contributed by atoms with Crippen molar-refractivity contribution in [2.45, 2.75) is 12.0 Å². The molecule has 2 aromatic carbocycles. The van der Waals surface area contributed by atoms with Crippen LogP contribution in [0.2, 0.25) is 0 Å². The molecule has 2 heterocycles. The summed E-state index contributed by atoms with van der Waals surface area (Å²) in [6.07, 6.45) is 0.400. The summed E-state index contributed by atoms with van der Waals surface area (Å²) >= 11 is 3.12. The summed E-state index contributed by atoms with van der Waals surface area (Å²) in [4.78, 5) is 38.4. The van der Waals surface area contributed by atoms with Crippen LogP contribution in [0.5, 0.6) is 0 Å². The molecule has 0 aliphatic carbocycles. The zero-order valence-corrected chi connectivity index (χ0v) is 15.1. The lowest BCUT2D eigenvalue weighted by atomic mass is 9.91. The lowest BCUT2D eigenvalue weighted by Crippen LogP contribution is -2.38. The average Bonchev–Trinajstić information content (AvgIpc) is 3.17. The summed E-state index contributed by atoms with van der Waals surface area (Å²) in [6.45, 7) is 0.336. The lowest BCUT2D eigenvalue weighted by Gasteiger charge is -2.23. The predicted octanol–water partition coefficient (Wildman–Crippen LogP) is 3.07. The number of Topliss-reactive ketones (excluding diaryl/α,β-unsaturated/α-hetero) is 1. The Morgan fingerprint density at radius 1 is 1.19 bits per heavy atom. The number of esters is 1. The molecule has 7 heteroatoms. The number of hydrogen-bond donors (Lipinski definition) is 0. The topological polar surface area (TPSA) is 63.7 Å². The van der Waals surface area contributed by atoms with E-state index in [0.717, 1.165) is 11.6 Å². The number of fused-ring (bicyclic) bond motifs is 2. The standard InChI is InChI=1S/C19H13BrFNO4/c20-11-5-6-13(15(21)9-11)16(23)17(24)22-8-7-19(10-22)14-4-2-1-3-12(14)18(25)26-19/h1-6,9H,7-8,10H2. The van der Waals surface area contributed by atoms with Gasteiger partial charge in [0.1, 0.15) is 5.82 Å². The summed E-state index contributed by atoms with van der Waals surface area (Å²) in [6, 6.07) is 10.9. The van der Waals surface area contributed by atoms with E-state index in [2.05, 4.69) is 15.9 Å². The normalized spacial score (nSPS) is 21.0. The zero-order chi connectivity index (χ0) is 18.5. The Morgan fingerprint density at radius 3 is 2.73 bits per heavy atom. The van der Waals surface area contributed by atoms with E-state index in [1.807, 2.05) is 0 Å². The minimum atomic E-state index is -0.929. The summed E-state index contributed by atoms with van der Waals surface area (Å²) in [5.74, 6) is -2.90. The molecule has 2 aliphatic rings. The van der Waals surface area contributed by atoms with Crippen molar-refractivity contribution < 1.29 is 23.5 Å². The molecule has 0 radical (unpaired) electrons. The third-order valence-electron chi connectivity index (χ3n) is 4.81. The van der Waals surface area contributed by atoms with Gasteiger partial charge in [0.05, 0.1) is 17.7 Å². The van der Waals surface area contributed by atoms with Gasteiger partial charge >= 0.3 is 5.97 Å². The molecule has 1 spiro atoms. The molecule has 5 nitrogen and oxygen atoms in total. The smallest absolute Gasteiger partial charge is 0.339 e. The van der Waals surface area contributed by atoms with Gasteiger partial charge in [0.15, 0.2) is 5.60 Å². The van der Waals surface area contributed by atoms with Gasteiger partial charge in [-0.05, 0) is 24.3 Å². The van der Waals surface area contributed by atoms with Crippen molar-refractivity contribution in [1.29, 1.82) is 0 Å². The van der Waals surface area contributed by atoms with Crippen molar-refractivity contribution >= 4 is 33.6 Å². The molecule has 0 bridgehead atoms. The number of halogens is 2. The first-order chi connectivity index (χ1) is 12.4. The largest absolute Gasteiger partial charge is 0.449 e. The number of nitrogens with zero attached hydrogens (tertiary/aromatic N) is 1. The predicted molar refractivity (Wildman–Crippen MR) is 93.2 cm³/mol. The minimum absolute atomic E-state index is 0.0818. The van der Waals surface area contributed by atoms with Crippen LogP contribution < -0.4 is 0 Å². The molecule has 2 aliphatic heterocycles. The van der Waals surface area contributed by atoms with Gasteiger partial charge in [-0.1, -0.05) is 34.1 Å². The van der Waals surface area contributed by atoms with Crippen LogP contribution in [0.25, 0.3) is 0 Å². The Balaban J connectivity index is 1.59. The molecule has 1 saturated heterocycles. The minimum Gasteiger partial charge on any atom is -0.449 e. The maximum atomic E-state index is 14.0. The van der Waals surface area contributed by atoms with Crippen LogP contribution in [0.3, 0.4) is 0 Å². The fraction of sp³-hybridized carbons (Fsp3) is 0.211. The van der Waals surface area contributed by atoms with Crippen LogP contribution in [0, 0.1) is 5.82 Å². The molecular formula is C19H13BrFNO4. The van der Waals surface area contributed by atoms with E-state index in [4.69, 9.17) is 4.74 Å². The quantitative estimate of drug-likeness (QED) is 0.427. The molecule has 4 rings (SSSR count). The van der Waals surface area contributed by atoms with Crippen molar-refractivity contribution in [2.75, 3.05) is 13.1 Å². The molecular weight excluding hydrogens is 405 g/mol. The Kier molecular flexibility index (Phi) is 3.91. The first kappa shape index (κ1) is 16.9. The number of amides is 1. The Labute approximate surface area is 156 Å². The number of benzene rings is 2. The van der Waals surface area contributed by atoms with E-state index < -0.39 is 29.1 Å². The number of likely N-dealkylation sites (tertiary alicyclic amines) is 1. The highest BCUT2D eigenvalue weighted by Gasteiger charge is 2.51. The molecule has 26 heavy (non-hydrogen) atoms. The van der Waals surface area contributed by atoms with E-state index in [-0.39, 0.29) is 18.7 Å². The SMILES string of the molecule is O=C(C(=O)N1CCC2(C1)OC(=O)c1ccccc12)c1ccc(Br)cc1F. The van der Waals surface area contributed by atoms with Crippen molar-refractivity contribution in [1.82, 2.24) is 4.90 Å². The van der Waals surface area contributed by atoms with Crippen LogP contribution >= 0.6 is 15.9 Å². The molecule has 1 amide bonds. The second-order valence-corrected chi connectivity index (χ2v) is 7.28. The van der Waals surface area contributed by atoms with Gasteiger partial charge in [-0.15, -0.1) is 0 Å². The van der Waals surface area contributed by atoms with Gasteiger partial charge in [0, 0.05) is 23.0 Å². The molecule has 1 unspecified atom stereocenters. The van der Waals surface area contributed by atoms with Crippen LogP contribution in [0.4, 0.5) is 4.39 Å². The fourth-order valence-electron chi connectivity index (χ4n) is 3.54. The van der Waals surface area contributed by atoms with Gasteiger partial charge in [0.25, 0.3) is 11.7 Å². The molecule has 2 aromatic rings.